The van der Waals surface area contributed by atoms with Crippen LogP contribution in [0.25, 0.3) is 85.9 Å². The molecule has 302 valence electrons. The van der Waals surface area contributed by atoms with Gasteiger partial charge < -0.3 is 4.90 Å². The molecule has 0 bridgehead atoms. The number of anilines is 3. The van der Waals surface area contributed by atoms with E-state index < -0.39 is 0 Å². The van der Waals surface area contributed by atoms with Gasteiger partial charge in [-0.05, 0) is 139 Å². The van der Waals surface area contributed by atoms with Crippen molar-refractivity contribution >= 4 is 80.9 Å². The van der Waals surface area contributed by atoms with E-state index in [0.717, 1.165) is 5.69 Å². The summed E-state index contributed by atoms with van der Waals surface area (Å²) >= 11 is 1.88. The molecule has 1 heterocycles. The van der Waals surface area contributed by atoms with Crippen molar-refractivity contribution in [3.63, 3.8) is 0 Å². The maximum Gasteiger partial charge on any atom is 0.0540 e. The minimum Gasteiger partial charge on any atom is -0.310 e. The first-order valence-corrected chi connectivity index (χ1v) is 23.4. The van der Waals surface area contributed by atoms with Gasteiger partial charge in [0.15, 0.2) is 0 Å². The third-order valence-electron chi connectivity index (χ3n) is 13.8. The van der Waals surface area contributed by atoms with E-state index >= 15 is 0 Å². The summed E-state index contributed by atoms with van der Waals surface area (Å²) < 4.78 is 2.66. The molecule has 10 aromatic carbocycles. The van der Waals surface area contributed by atoms with E-state index in [2.05, 4.69) is 212 Å². The average molecular weight is 826 g/mol. The lowest BCUT2D eigenvalue weighted by atomic mass is 9.80. The lowest BCUT2D eigenvalue weighted by molar-refractivity contribution is 0.445. The number of benzene rings is 10. The fourth-order valence-corrected chi connectivity index (χ4v) is 12.0. The van der Waals surface area contributed by atoms with Gasteiger partial charge in [0.25, 0.3) is 0 Å². The molecular weight excluding hydrogens is 779 g/mol. The van der Waals surface area contributed by atoms with Crippen molar-refractivity contribution in [3.05, 3.63) is 211 Å². The van der Waals surface area contributed by atoms with Crippen molar-refractivity contribution in [3.8, 4) is 33.4 Å². The third kappa shape index (κ3) is 6.51. The zero-order valence-corrected chi connectivity index (χ0v) is 36.3. The van der Waals surface area contributed by atoms with Gasteiger partial charge in [-0.1, -0.05) is 177 Å². The van der Waals surface area contributed by atoms with Crippen molar-refractivity contribution in [2.75, 3.05) is 4.90 Å². The summed E-state index contributed by atoms with van der Waals surface area (Å²) in [5.74, 6) is 0.589. The fourth-order valence-electron chi connectivity index (χ4n) is 10.8. The lowest BCUT2D eigenvalue weighted by Gasteiger charge is -2.30. The molecule has 0 amide bonds. The molecule has 1 aromatic heterocycles. The van der Waals surface area contributed by atoms with Gasteiger partial charge in [0.05, 0.1) is 5.69 Å². The second-order valence-corrected chi connectivity index (χ2v) is 18.5. The first kappa shape index (κ1) is 37.7. The Morgan fingerprint density at radius 1 is 0.413 bits per heavy atom. The van der Waals surface area contributed by atoms with Crippen LogP contribution in [0.3, 0.4) is 0 Å². The largest absolute Gasteiger partial charge is 0.310 e. The third-order valence-corrected chi connectivity index (χ3v) is 14.9. The average Bonchev–Trinajstić information content (AvgIpc) is 3.74. The Morgan fingerprint density at radius 2 is 1.06 bits per heavy atom. The van der Waals surface area contributed by atoms with Gasteiger partial charge in [0.1, 0.15) is 0 Å². The number of thiophene rings is 1. The molecule has 11 aromatic rings. The van der Waals surface area contributed by atoms with Crippen molar-refractivity contribution in [2.24, 2.45) is 0 Å². The minimum absolute atomic E-state index is 0.589. The summed E-state index contributed by atoms with van der Waals surface area (Å²) in [6, 6.07) is 75.0. The molecule has 0 unspecified atom stereocenters. The number of fused-ring (bicyclic) bond motifs is 7. The van der Waals surface area contributed by atoms with Gasteiger partial charge >= 0.3 is 0 Å². The van der Waals surface area contributed by atoms with Gasteiger partial charge in [-0.2, -0.15) is 0 Å². The van der Waals surface area contributed by atoms with Crippen LogP contribution in [0.2, 0.25) is 0 Å². The minimum atomic E-state index is 0.589. The summed E-state index contributed by atoms with van der Waals surface area (Å²) in [4.78, 5) is 2.51. The highest BCUT2D eigenvalue weighted by Gasteiger charge is 2.24. The van der Waals surface area contributed by atoms with Crippen LogP contribution in [0, 0.1) is 6.92 Å². The van der Waals surface area contributed by atoms with E-state index in [-0.39, 0.29) is 0 Å². The van der Waals surface area contributed by atoms with Crippen LogP contribution in [-0.2, 0) is 0 Å². The summed E-state index contributed by atoms with van der Waals surface area (Å²) in [7, 11) is 0. The molecule has 12 rings (SSSR count). The topological polar surface area (TPSA) is 3.24 Å². The van der Waals surface area contributed by atoms with E-state index in [0.29, 0.717) is 5.92 Å². The molecule has 0 radical (unpaired) electrons. The Kier molecular flexibility index (Phi) is 9.42. The summed E-state index contributed by atoms with van der Waals surface area (Å²) in [5, 5.41) is 10.5. The van der Waals surface area contributed by atoms with Gasteiger partial charge in [-0.15, -0.1) is 11.3 Å². The zero-order valence-electron chi connectivity index (χ0n) is 35.5. The number of rotatable bonds is 7. The lowest BCUT2D eigenvalue weighted by Crippen LogP contribution is -2.13. The Balaban J connectivity index is 1.04. The molecule has 1 nitrogen and oxygen atoms in total. The van der Waals surface area contributed by atoms with Crippen LogP contribution in [0.5, 0.6) is 0 Å². The maximum absolute atomic E-state index is 2.51. The molecule has 1 saturated carbocycles. The Bertz CT molecular complexity index is 3510. The molecule has 0 aliphatic heterocycles. The first-order chi connectivity index (χ1) is 31.2. The quantitative estimate of drug-likeness (QED) is 0.145. The van der Waals surface area contributed by atoms with Gasteiger partial charge in [0.2, 0.25) is 0 Å². The smallest absolute Gasteiger partial charge is 0.0540 e. The van der Waals surface area contributed by atoms with Gasteiger partial charge in [-0.3, -0.25) is 0 Å². The molecule has 0 spiro atoms. The predicted molar refractivity (Wildman–Crippen MR) is 273 cm³/mol. The predicted octanol–water partition coefficient (Wildman–Crippen LogP) is 18.3. The Hall–Kier alpha value is -7.00. The highest BCUT2D eigenvalue weighted by atomic mass is 32.1. The fraction of sp³-hybridized carbons (Fsp3) is 0.115. The highest BCUT2D eigenvalue weighted by Crippen LogP contribution is 2.48. The number of hydrogen-bond acceptors (Lipinski definition) is 2. The van der Waals surface area contributed by atoms with Crippen LogP contribution in [-0.4, -0.2) is 0 Å². The van der Waals surface area contributed by atoms with E-state index in [1.54, 1.807) is 0 Å². The normalized spacial score (nSPS) is 13.4. The highest BCUT2D eigenvalue weighted by molar-refractivity contribution is 7.25. The Labute approximate surface area is 373 Å². The summed E-state index contributed by atoms with van der Waals surface area (Å²) in [6.45, 7) is 2.29. The van der Waals surface area contributed by atoms with Crippen molar-refractivity contribution in [1.29, 1.82) is 0 Å². The molecule has 63 heavy (non-hydrogen) atoms. The van der Waals surface area contributed by atoms with Gasteiger partial charge in [0, 0.05) is 37.1 Å². The van der Waals surface area contributed by atoms with E-state index in [1.807, 2.05) is 11.3 Å². The van der Waals surface area contributed by atoms with Gasteiger partial charge in [-0.25, -0.2) is 0 Å². The second-order valence-electron chi connectivity index (χ2n) is 17.5. The second kappa shape index (κ2) is 15.7. The standard InChI is InChI=1S/C61H47NS/c1-40-39-45(50-25-14-30-59-61(50)55-22-8-10-29-58(55)63-59)34-38-56(40)62(46-35-31-43(32-36-46)48-23-13-26-51-47-20-6-5-17-42(47)33-37-52(48)51)57-28-9-7-21-53(57)54-27-12-19-44-18-11-24-49(60(44)54)41-15-3-2-4-16-41/h5-14,17-39,41H,2-4,15-16H2,1H3. The molecule has 1 aliphatic rings. The number of aryl methyl sites for hydroxylation is 1. The SMILES string of the molecule is Cc1cc(-c2cccc3sc4ccccc4c23)ccc1N(c1ccc(-c2cccc3c2ccc2ccccc23)cc1)c1ccccc1-c1cccc2cccc(C3CCCCC3)c12. The van der Waals surface area contributed by atoms with Crippen LogP contribution in [0.15, 0.2) is 200 Å². The first-order valence-electron chi connectivity index (χ1n) is 22.6. The maximum atomic E-state index is 2.51. The van der Waals surface area contributed by atoms with Crippen LogP contribution < -0.4 is 4.90 Å². The molecule has 0 saturated heterocycles. The van der Waals surface area contributed by atoms with E-state index in [1.165, 1.54) is 140 Å². The van der Waals surface area contributed by atoms with Crippen molar-refractivity contribution in [2.45, 2.75) is 44.9 Å². The monoisotopic (exact) mass is 825 g/mol. The molecule has 1 fully saturated rings. The number of para-hydroxylation sites is 1. The van der Waals surface area contributed by atoms with Crippen LogP contribution in [0.1, 0.15) is 49.1 Å². The molecule has 0 atom stereocenters. The van der Waals surface area contributed by atoms with Crippen molar-refractivity contribution < 1.29 is 0 Å². The summed E-state index contributed by atoms with van der Waals surface area (Å²) in [6.07, 6.45) is 6.50. The Morgan fingerprint density at radius 3 is 1.94 bits per heavy atom. The zero-order chi connectivity index (χ0) is 41.9. The van der Waals surface area contributed by atoms with Crippen molar-refractivity contribution in [1.82, 2.24) is 0 Å². The van der Waals surface area contributed by atoms with E-state index in [4.69, 9.17) is 0 Å². The van der Waals surface area contributed by atoms with Crippen LogP contribution in [0.4, 0.5) is 17.1 Å². The molecule has 2 heteroatoms. The number of hydrogen-bond donors (Lipinski definition) is 0. The van der Waals surface area contributed by atoms with Crippen LogP contribution >= 0.6 is 11.3 Å². The summed E-state index contributed by atoms with van der Waals surface area (Å²) in [5.41, 5.74) is 13.7. The number of nitrogens with zero attached hydrogens (tertiary/aromatic N) is 1. The molecular formula is C61H47NS. The molecule has 1 aliphatic carbocycles. The molecule has 0 N–H and O–H groups in total. The van der Waals surface area contributed by atoms with E-state index in [9.17, 15) is 0 Å².